The maximum atomic E-state index is 12.3. The number of hydrogen-bond acceptors (Lipinski definition) is 5. The number of nitrogens with zero attached hydrogens (tertiary/aromatic N) is 2. The Hall–Kier alpha value is -3.22. The van der Waals surface area contributed by atoms with Gasteiger partial charge in [-0.25, -0.2) is 10.4 Å². The topological polar surface area (TPSA) is 92.7 Å². The molecular weight excluding hydrogens is 320 g/mol. The smallest absolute Gasteiger partial charge is 0.274 e. The predicted octanol–water partition coefficient (Wildman–Crippen LogP) is 2.27. The van der Waals surface area contributed by atoms with Gasteiger partial charge in [-0.05, 0) is 31.2 Å². The van der Waals surface area contributed by atoms with Crippen molar-refractivity contribution in [3.63, 3.8) is 0 Å². The van der Waals surface area contributed by atoms with E-state index in [0.29, 0.717) is 30.0 Å². The number of amides is 2. The number of carbonyl (C=O) groups is 2. The summed E-state index contributed by atoms with van der Waals surface area (Å²) in [7, 11) is 1.55. The van der Waals surface area contributed by atoms with Gasteiger partial charge in [0.05, 0.1) is 12.8 Å². The number of aryl methyl sites for hydroxylation is 1. The van der Waals surface area contributed by atoms with Crippen molar-refractivity contribution < 1.29 is 14.3 Å². The van der Waals surface area contributed by atoms with Crippen LogP contribution in [0.3, 0.4) is 0 Å². The molecule has 0 unspecified atom stereocenters. The fourth-order valence-corrected chi connectivity index (χ4v) is 2.54. The third kappa shape index (κ3) is 3.82. The van der Waals surface area contributed by atoms with Gasteiger partial charge >= 0.3 is 0 Å². The van der Waals surface area contributed by atoms with Crippen molar-refractivity contribution in [3.05, 3.63) is 53.3 Å². The summed E-state index contributed by atoms with van der Waals surface area (Å²) in [5.41, 5.74) is 5.72. The van der Waals surface area contributed by atoms with Crippen LogP contribution < -0.4 is 15.5 Å². The molecule has 1 aliphatic heterocycles. The van der Waals surface area contributed by atoms with Gasteiger partial charge in [0.25, 0.3) is 5.91 Å². The summed E-state index contributed by atoms with van der Waals surface area (Å²) in [5, 5.41) is 6.88. The first-order valence-corrected chi connectivity index (χ1v) is 7.85. The Morgan fingerprint density at radius 3 is 2.76 bits per heavy atom. The van der Waals surface area contributed by atoms with Gasteiger partial charge in [0.2, 0.25) is 5.91 Å². The third-order valence-corrected chi connectivity index (χ3v) is 3.80. The number of benzene rings is 1. The summed E-state index contributed by atoms with van der Waals surface area (Å²) in [6, 6.07) is 10.6. The van der Waals surface area contributed by atoms with Crippen LogP contribution in [0.4, 0.5) is 5.69 Å². The number of ether oxygens (including phenoxy) is 1. The van der Waals surface area contributed by atoms with Gasteiger partial charge in [0.1, 0.15) is 11.4 Å². The Labute approximate surface area is 145 Å². The molecule has 7 heteroatoms. The van der Waals surface area contributed by atoms with Crippen LogP contribution >= 0.6 is 0 Å². The summed E-state index contributed by atoms with van der Waals surface area (Å²) in [4.78, 5) is 27.7. The molecule has 0 atom stereocenters. The fraction of sp³-hybridized carbons (Fsp3) is 0.222. The molecule has 25 heavy (non-hydrogen) atoms. The quantitative estimate of drug-likeness (QED) is 0.894. The summed E-state index contributed by atoms with van der Waals surface area (Å²) >= 11 is 0. The Kier molecular flexibility index (Phi) is 4.74. The molecule has 0 radical (unpaired) electrons. The number of nitrogens with one attached hydrogen (secondary N) is 2. The molecule has 7 nitrogen and oxygen atoms in total. The Bertz CT molecular complexity index is 861. The maximum Gasteiger partial charge on any atom is 0.274 e. The first-order chi connectivity index (χ1) is 12.1. The molecule has 2 heterocycles. The van der Waals surface area contributed by atoms with E-state index in [-0.39, 0.29) is 11.8 Å². The lowest BCUT2D eigenvalue weighted by Gasteiger charge is -2.16. The second-order valence-corrected chi connectivity index (χ2v) is 5.63. The SMILES string of the molecule is COc1cc(NC(=O)c2cccc(C)n2)ccc1C1=NNC(=O)CC1. The number of hydrogen-bond donors (Lipinski definition) is 2. The number of aromatic nitrogens is 1. The standard InChI is InChI=1S/C18H18N4O3/c1-11-4-3-5-15(19-11)18(24)20-12-6-7-13(16(10-12)25-2)14-8-9-17(23)22-21-14/h3-7,10H,8-9H2,1-2H3,(H,20,24)(H,22,23). The van der Waals surface area contributed by atoms with E-state index in [1.165, 1.54) is 0 Å². The van der Waals surface area contributed by atoms with Crippen LogP contribution in [-0.2, 0) is 4.79 Å². The first kappa shape index (κ1) is 16.6. The normalized spacial score (nSPS) is 13.7. The van der Waals surface area contributed by atoms with Gasteiger partial charge in [0, 0.05) is 35.9 Å². The molecule has 2 aromatic rings. The van der Waals surface area contributed by atoms with E-state index >= 15 is 0 Å². The van der Waals surface area contributed by atoms with E-state index in [0.717, 1.165) is 17.0 Å². The molecule has 3 rings (SSSR count). The highest BCUT2D eigenvalue weighted by atomic mass is 16.5. The van der Waals surface area contributed by atoms with Crippen LogP contribution in [0, 0.1) is 6.92 Å². The average Bonchev–Trinajstić information content (AvgIpc) is 2.62. The van der Waals surface area contributed by atoms with Crippen LogP contribution in [0.15, 0.2) is 41.5 Å². The molecule has 128 valence electrons. The minimum Gasteiger partial charge on any atom is -0.496 e. The van der Waals surface area contributed by atoms with Crippen molar-refractivity contribution in [2.24, 2.45) is 5.10 Å². The maximum absolute atomic E-state index is 12.3. The second kappa shape index (κ2) is 7.12. The van der Waals surface area contributed by atoms with Gasteiger partial charge in [-0.2, -0.15) is 5.10 Å². The Balaban J connectivity index is 1.82. The average molecular weight is 338 g/mol. The van der Waals surface area contributed by atoms with Crippen molar-refractivity contribution in [2.75, 3.05) is 12.4 Å². The Morgan fingerprint density at radius 2 is 2.08 bits per heavy atom. The van der Waals surface area contributed by atoms with E-state index in [2.05, 4.69) is 20.8 Å². The number of rotatable bonds is 4. The summed E-state index contributed by atoms with van der Waals surface area (Å²) in [6.07, 6.45) is 0.931. The predicted molar refractivity (Wildman–Crippen MR) is 93.8 cm³/mol. The lowest BCUT2D eigenvalue weighted by atomic mass is 10.0. The number of anilines is 1. The minimum absolute atomic E-state index is 0.0998. The molecule has 2 N–H and O–H groups in total. The van der Waals surface area contributed by atoms with Crippen LogP contribution in [0.1, 0.15) is 34.6 Å². The molecular formula is C18H18N4O3. The monoisotopic (exact) mass is 338 g/mol. The molecule has 2 amide bonds. The molecule has 0 saturated heterocycles. The molecule has 1 aromatic heterocycles. The molecule has 0 bridgehead atoms. The highest BCUT2D eigenvalue weighted by Gasteiger charge is 2.17. The number of pyridine rings is 1. The highest BCUT2D eigenvalue weighted by Crippen LogP contribution is 2.26. The van der Waals surface area contributed by atoms with Gasteiger partial charge in [0.15, 0.2) is 0 Å². The van der Waals surface area contributed by atoms with Crippen LogP contribution in [0.2, 0.25) is 0 Å². The van der Waals surface area contributed by atoms with Gasteiger partial charge in [-0.3, -0.25) is 9.59 Å². The number of methoxy groups -OCH3 is 1. The Morgan fingerprint density at radius 1 is 1.24 bits per heavy atom. The zero-order chi connectivity index (χ0) is 17.8. The zero-order valence-electron chi connectivity index (χ0n) is 14.0. The van der Waals surface area contributed by atoms with Crippen molar-refractivity contribution in [2.45, 2.75) is 19.8 Å². The summed E-state index contributed by atoms with van der Waals surface area (Å²) in [6.45, 7) is 1.83. The van der Waals surface area contributed by atoms with Gasteiger partial charge in [-0.1, -0.05) is 6.07 Å². The van der Waals surface area contributed by atoms with Crippen molar-refractivity contribution in [1.29, 1.82) is 0 Å². The molecule has 0 spiro atoms. The summed E-state index contributed by atoms with van der Waals surface area (Å²) in [5.74, 6) is 0.183. The third-order valence-electron chi connectivity index (χ3n) is 3.80. The van der Waals surface area contributed by atoms with Crippen molar-refractivity contribution in [1.82, 2.24) is 10.4 Å². The van der Waals surface area contributed by atoms with E-state index in [1.807, 2.05) is 19.1 Å². The largest absolute Gasteiger partial charge is 0.496 e. The van der Waals surface area contributed by atoms with Crippen molar-refractivity contribution >= 4 is 23.2 Å². The molecule has 0 fully saturated rings. The number of hydrazone groups is 1. The fourth-order valence-electron chi connectivity index (χ4n) is 2.54. The molecule has 1 aromatic carbocycles. The number of carbonyl (C=O) groups excluding carboxylic acids is 2. The van der Waals surface area contributed by atoms with E-state index in [4.69, 9.17) is 4.74 Å². The van der Waals surface area contributed by atoms with Crippen LogP contribution in [-0.4, -0.2) is 29.6 Å². The molecule has 1 aliphatic rings. The van der Waals surface area contributed by atoms with Crippen molar-refractivity contribution in [3.8, 4) is 5.75 Å². The highest BCUT2D eigenvalue weighted by molar-refractivity contribution is 6.07. The zero-order valence-corrected chi connectivity index (χ0v) is 14.0. The summed E-state index contributed by atoms with van der Waals surface area (Å²) < 4.78 is 5.41. The lowest BCUT2D eigenvalue weighted by Crippen LogP contribution is -2.26. The minimum atomic E-state index is -0.291. The first-order valence-electron chi connectivity index (χ1n) is 7.85. The van der Waals surface area contributed by atoms with Gasteiger partial charge < -0.3 is 10.1 Å². The van der Waals surface area contributed by atoms with E-state index in [9.17, 15) is 9.59 Å². The van der Waals surface area contributed by atoms with Gasteiger partial charge in [-0.15, -0.1) is 0 Å². The van der Waals surface area contributed by atoms with Crippen LogP contribution in [0.5, 0.6) is 5.75 Å². The van der Waals surface area contributed by atoms with E-state index in [1.54, 1.807) is 31.4 Å². The molecule has 0 aliphatic carbocycles. The van der Waals surface area contributed by atoms with Crippen LogP contribution in [0.25, 0.3) is 0 Å². The van der Waals surface area contributed by atoms with E-state index < -0.39 is 0 Å². The lowest BCUT2D eigenvalue weighted by molar-refractivity contribution is -0.121. The second-order valence-electron chi connectivity index (χ2n) is 5.63. The molecule has 0 saturated carbocycles.